The highest BCUT2D eigenvalue weighted by molar-refractivity contribution is 8.14. The van der Waals surface area contributed by atoms with Crippen LogP contribution in [0.1, 0.15) is 24.6 Å². The predicted octanol–water partition coefficient (Wildman–Crippen LogP) is 2.36. The Kier molecular flexibility index (Phi) is 5.88. The van der Waals surface area contributed by atoms with Crippen molar-refractivity contribution in [3.63, 3.8) is 0 Å². The van der Waals surface area contributed by atoms with Crippen LogP contribution in [0.4, 0.5) is 0 Å². The van der Waals surface area contributed by atoms with E-state index >= 15 is 0 Å². The van der Waals surface area contributed by atoms with Crippen LogP contribution in [0, 0.1) is 0 Å². The number of rotatable bonds is 5. The molecule has 1 N–H and O–H groups in total. The van der Waals surface area contributed by atoms with Gasteiger partial charge in [-0.15, -0.1) is 5.10 Å². The summed E-state index contributed by atoms with van der Waals surface area (Å²) in [5.41, 5.74) is 3.15. The van der Waals surface area contributed by atoms with Gasteiger partial charge in [0.05, 0.1) is 19.9 Å². The molecule has 1 aliphatic rings. The molecule has 1 unspecified atom stereocenters. The van der Waals surface area contributed by atoms with Crippen molar-refractivity contribution in [3.8, 4) is 5.75 Å². The number of carbonyl (C=O) groups is 1. The number of nitrogens with zero attached hydrogens (tertiary/aromatic N) is 3. The van der Waals surface area contributed by atoms with Crippen LogP contribution in [0.15, 0.2) is 36.0 Å². The van der Waals surface area contributed by atoms with Crippen molar-refractivity contribution in [3.05, 3.63) is 47.3 Å². The van der Waals surface area contributed by atoms with Crippen molar-refractivity contribution < 1.29 is 9.53 Å². The Balaban J connectivity index is 1.70. The molecule has 3 rings (SSSR count). The van der Waals surface area contributed by atoms with Gasteiger partial charge in [0.15, 0.2) is 5.12 Å². The first-order valence-electron chi connectivity index (χ1n) is 8.25. The normalized spacial score (nSPS) is 19.1. The maximum absolute atomic E-state index is 11.4. The number of benzene rings is 1. The minimum atomic E-state index is 0.154. The Bertz CT molecular complexity index is 755. The van der Waals surface area contributed by atoms with Crippen molar-refractivity contribution in [1.82, 2.24) is 20.3 Å². The van der Waals surface area contributed by atoms with E-state index in [-0.39, 0.29) is 10.4 Å². The molecule has 0 bridgehead atoms. The number of hydrogen-bond donors (Lipinski definition) is 1. The second-order valence-corrected chi connectivity index (χ2v) is 7.35. The maximum atomic E-state index is 11.4. The van der Waals surface area contributed by atoms with Crippen molar-refractivity contribution in [2.75, 3.05) is 20.2 Å². The van der Waals surface area contributed by atoms with Gasteiger partial charge in [0.25, 0.3) is 0 Å². The molecule has 1 saturated heterocycles. The van der Waals surface area contributed by atoms with Crippen LogP contribution in [0.25, 0.3) is 6.08 Å². The first kappa shape index (κ1) is 17.7. The quantitative estimate of drug-likeness (QED) is 0.885. The minimum Gasteiger partial charge on any atom is -0.497 e. The number of hydrogen-bond acceptors (Lipinski definition) is 6. The number of methoxy groups -OCH3 is 1. The highest BCUT2D eigenvalue weighted by atomic mass is 32.2. The Labute approximate surface area is 151 Å². The average Bonchev–Trinajstić information content (AvgIpc) is 3.04. The summed E-state index contributed by atoms with van der Waals surface area (Å²) in [6.45, 7) is 4.00. The number of piperidine rings is 1. The molecule has 0 amide bonds. The number of thioether (sulfide) groups is 1. The topological polar surface area (TPSA) is 69.0 Å². The Hall–Kier alpha value is -2.12. The molecule has 0 aliphatic carbocycles. The van der Waals surface area contributed by atoms with E-state index in [0.29, 0.717) is 6.54 Å². The first-order valence-corrected chi connectivity index (χ1v) is 9.13. The summed E-state index contributed by atoms with van der Waals surface area (Å²) in [7, 11) is 1.66. The van der Waals surface area contributed by atoms with E-state index in [4.69, 9.17) is 4.74 Å². The highest BCUT2D eigenvalue weighted by Crippen LogP contribution is 2.26. The van der Waals surface area contributed by atoms with Crippen molar-refractivity contribution in [2.45, 2.75) is 25.1 Å². The highest BCUT2D eigenvalue weighted by Gasteiger charge is 2.21. The summed E-state index contributed by atoms with van der Waals surface area (Å²) < 4.78 is 6.99. The lowest BCUT2D eigenvalue weighted by molar-refractivity contribution is -0.109. The van der Waals surface area contributed by atoms with Crippen LogP contribution in [-0.4, -0.2) is 45.6 Å². The fraction of sp³-hybridized carbons (Fsp3) is 0.389. The molecule has 0 saturated carbocycles. The molecule has 0 radical (unpaired) electrons. The molecule has 1 atom stereocenters. The molecule has 0 spiro atoms. The van der Waals surface area contributed by atoms with Gasteiger partial charge in [-0.05, 0) is 42.3 Å². The zero-order chi connectivity index (χ0) is 17.6. The summed E-state index contributed by atoms with van der Waals surface area (Å²) in [6.07, 6.45) is 4.93. The van der Waals surface area contributed by atoms with Gasteiger partial charge >= 0.3 is 0 Å². The summed E-state index contributed by atoms with van der Waals surface area (Å²) >= 11 is 1.40. The van der Waals surface area contributed by atoms with Crippen LogP contribution < -0.4 is 10.1 Å². The lowest BCUT2D eigenvalue weighted by Gasteiger charge is -2.24. The molecule has 7 heteroatoms. The van der Waals surface area contributed by atoms with E-state index < -0.39 is 0 Å². The third kappa shape index (κ3) is 4.93. The van der Waals surface area contributed by atoms with Gasteiger partial charge in [-0.3, -0.25) is 4.79 Å². The van der Waals surface area contributed by atoms with Crippen LogP contribution in [0.3, 0.4) is 0 Å². The van der Waals surface area contributed by atoms with E-state index in [0.717, 1.165) is 36.5 Å². The molecule has 25 heavy (non-hydrogen) atoms. The molecule has 2 heterocycles. The monoisotopic (exact) mass is 358 g/mol. The zero-order valence-corrected chi connectivity index (χ0v) is 15.3. The van der Waals surface area contributed by atoms with Gasteiger partial charge in [0, 0.05) is 18.7 Å². The molecule has 1 aliphatic heterocycles. The van der Waals surface area contributed by atoms with Crippen molar-refractivity contribution in [2.24, 2.45) is 0 Å². The van der Waals surface area contributed by atoms with Crippen LogP contribution >= 0.6 is 11.8 Å². The number of aromatic nitrogens is 3. The van der Waals surface area contributed by atoms with Crippen LogP contribution in [0.2, 0.25) is 0 Å². The Morgan fingerprint density at radius 1 is 1.44 bits per heavy atom. The molecule has 6 nitrogen and oxygen atoms in total. The fourth-order valence-corrected chi connectivity index (χ4v) is 3.75. The summed E-state index contributed by atoms with van der Waals surface area (Å²) in [4.78, 5) is 11.4. The van der Waals surface area contributed by atoms with E-state index in [9.17, 15) is 4.79 Å². The standard InChI is InChI=1S/C18H22N4O2S/c1-13(23)25-18-7-8-19-10-15(18)9-16-12-22(21-20-16)11-14-3-5-17(24-2)6-4-14/h3-6,9,12,18-19H,7-8,10-11H2,1-2H3/b15-9-. The van der Waals surface area contributed by atoms with E-state index in [1.54, 1.807) is 14.0 Å². The third-order valence-electron chi connectivity index (χ3n) is 4.03. The summed E-state index contributed by atoms with van der Waals surface area (Å²) in [5.74, 6) is 0.839. The largest absolute Gasteiger partial charge is 0.497 e. The maximum Gasteiger partial charge on any atom is 0.186 e. The molecule has 2 aromatic rings. The lowest BCUT2D eigenvalue weighted by atomic mass is 10.1. The van der Waals surface area contributed by atoms with Gasteiger partial charge < -0.3 is 10.1 Å². The van der Waals surface area contributed by atoms with Gasteiger partial charge in [-0.25, -0.2) is 4.68 Å². The van der Waals surface area contributed by atoms with Crippen molar-refractivity contribution in [1.29, 1.82) is 0 Å². The first-order chi connectivity index (χ1) is 12.1. The third-order valence-corrected chi connectivity index (χ3v) is 5.18. The molecular weight excluding hydrogens is 336 g/mol. The van der Waals surface area contributed by atoms with E-state index in [2.05, 4.69) is 15.6 Å². The summed E-state index contributed by atoms with van der Waals surface area (Å²) in [5, 5.41) is 12.2. The second kappa shape index (κ2) is 8.31. The van der Waals surface area contributed by atoms with Crippen molar-refractivity contribution >= 4 is 23.0 Å². The smallest absolute Gasteiger partial charge is 0.186 e. The molecule has 1 aromatic heterocycles. The fourth-order valence-electron chi connectivity index (χ4n) is 2.81. The van der Waals surface area contributed by atoms with Crippen LogP contribution in [0.5, 0.6) is 5.75 Å². The van der Waals surface area contributed by atoms with E-state index in [1.165, 1.54) is 17.3 Å². The number of ether oxygens (including phenoxy) is 1. The van der Waals surface area contributed by atoms with Crippen LogP contribution in [-0.2, 0) is 11.3 Å². The minimum absolute atomic E-state index is 0.154. The lowest BCUT2D eigenvalue weighted by Crippen LogP contribution is -2.32. The van der Waals surface area contributed by atoms with E-state index in [1.807, 2.05) is 41.2 Å². The molecule has 1 fully saturated rings. The summed E-state index contributed by atoms with van der Waals surface area (Å²) in [6, 6.07) is 7.91. The van der Waals surface area contributed by atoms with Gasteiger partial charge in [0.1, 0.15) is 11.4 Å². The Morgan fingerprint density at radius 2 is 2.24 bits per heavy atom. The second-order valence-electron chi connectivity index (χ2n) is 5.97. The SMILES string of the molecule is COc1ccc(Cn2cc(/C=C3/CNCCC3SC(C)=O)nn2)cc1. The van der Waals surface area contributed by atoms with Gasteiger partial charge in [0.2, 0.25) is 0 Å². The Morgan fingerprint density at radius 3 is 2.96 bits per heavy atom. The average molecular weight is 358 g/mol. The van der Waals surface area contributed by atoms with Gasteiger partial charge in [-0.1, -0.05) is 29.1 Å². The number of carbonyl (C=O) groups excluding carboxylic acids is 1. The predicted molar refractivity (Wildman–Crippen MR) is 99.6 cm³/mol. The molecular formula is C18H22N4O2S. The number of nitrogens with one attached hydrogen (secondary N) is 1. The zero-order valence-electron chi connectivity index (χ0n) is 14.4. The molecule has 132 valence electrons. The molecule has 1 aromatic carbocycles. The van der Waals surface area contributed by atoms with Gasteiger partial charge in [-0.2, -0.15) is 0 Å².